The number of nitro benzene ring substituents is 1. The van der Waals surface area contributed by atoms with Crippen molar-refractivity contribution in [2.24, 2.45) is 0 Å². The van der Waals surface area contributed by atoms with Crippen molar-refractivity contribution in [3.63, 3.8) is 0 Å². The van der Waals surface area contributed by atoms with Crippen LogP contribution in [0.3, 0.4) is 0 Å². The van der Waals surface area contributed by atoms with Gasteiger partial charge in [0.2, 0.25) is 0 Å². The number of hydrogen-bond acceptors (Lipinski definition) is 4. The van der Waals surface area contributed by atoms with Gasteiger partial charge in [-0.25, -0.2) is 0 Å². The molecule has 7 heteroatoms. The number of nitro groups is 1. The van der Waals surface area contributed by atoms with E-state index in [1.807, 2.05) is 0 Å². The number of alkyl halides is 1. The van der Waals surface area contributed by atoms with Gasteiger partial charge in [0.15, 0.2) is 5.78 Å². The number of hydrogen-bond donors (Lipinski definition) is 1. The van der Waals surface area contributed by atoms with Gasteiger partial charge in [-0.2, -0.15) is 0 Å². The zero-order valence-corrected chi connectivity index (χ0v) is 9.71. The molecule has 0 aliphatic carbocycles. The highest BCUT2D eigenvalue weighted by molar-refractivity contribution is 9.09. The van der Waals surface area contributed by atoms with Crippen LogP contribution in [0.25, 0.3) is 0 Å². The highest BCUT2D eigenvalue weighted by Crippen LogP contribution is 2.30. The van der Waals surface area contributed by atoms with Crippen LogP contribution < -0.4 is 5.73 Å². The standard InChI is InChI=1S/C8H6BrClN2O3/c9-3-7(13)8-5(10)1-4(11)2-6(8)12(14)15/h1-2H,3,11H2. The molecule has 0 heterocycles. The Kier molecular flexibility index (Phi) is 3.65. The van der Waals surface area contributed by atoms with E-state index in [9.17, 15) is 14.9 Å². The average molecular weight is 294 g/mol. The highest BCUT2D eigenvalue weighted by atomic mass is 79.9. The van der Waals surface area contributed by atoms with Gasteiger partial charge in [0.25, 0.3) is 5.69 Å². The van der Waals surface area contributed by atoms with Gasteiger partial charge < -0.3 is 5.73 Å². The van der Waals surface area contributed by atoms with Crippen molar-refractivity contribution in [2.45, 2.75) is 0 Å². The SMILES string of the molecule is Nc1cc(Cl)c(C(=O)CBr)c([N+](=O)[O-])c1. The Morgan fingerprint density at radius 2 is 2.20 bits per heavy atom. The van der Waals surface area contributed by atoms with E-state index in [4.69, 9.17) is 17.3 Å². The van der Waals surface area contributed by atoms with Crippen molar-refractivity contribution in [2.75, 3.05) is 11.1 Å². The largest absolute Gasteiger partial charge is 0.398 e. The monoisotopic (exact) mass is 292 g/mol. The molecule has 0 aliphatic heterocycles. The quantitative estimate of drug-likeness (QED) is 0.305. The number of anilines is 1. The van der Waals surface area contributed by atoms with E-state index in [0.717, 1.165) is 6.07 Å². The normalized spacial score (nSPS) is 10.0. The van der Waals surface area contributed by atoms with Crippen LogP contribution in [-0.2, 0) is 0 Å². The average Bonchev–Trinajstić information content (AvgIpc) is 2.15. The van der Waals surface area contributed by atoms with Crippen molar-refractivity contribution < 1.29 is 9.72 Å². The number of nitrogens with zero attached hydrogens (tertiary/aromatic N) is 1. The molecule has 0 fully saturated rings. The van der Waals surface area contributed by atoms with Crippen LogP contribution in [0.4, 0.5) is 11.4 Å². The number of nitrogens with two attached hydrogens (primary N) is 1. The Bertz CT molecular complexity index is 436. The highest BCUT2D eigenvalue weighted by Gasteiger charge is 2.23. The molecule has 1 aromatic rings. The van der Waals surface area contributed by atoms with E-state index < -0.39 is 10.7 Å². The summed E-state index contributed by atoms with van der Waals surface area (Å²) >= 11 is 8.65. The summed E-state index contributed by atoms with van der Waals surface area (Å²) in [5.74, 6) is -0.452. The summed E-state index contributed by atoms with van der Waals surface area (Å²) in [5.41, 5.74) is 5.06. The number of ketones is 1. The molecule has 1 aromatic carbocycles. The van der Waals surface area contributed by atoms with Gasteiger partial charge in [0, 0.05) is 11.8 Å². The minimum atomic E-state index is -0.682. The summed E-state index contributed by atoms with van der Waals surface area (Å²) in [6.45, 7) is 0. The van der Waals surface area contributed by atoms with E-state index in [1.165, 1.54) is 6.07 Å². The first kappa shape index (κ1) is 11.9. The second-order valence-corrected chi connectivity index (χ2v) is 3.68. The fourth-order valence-electron chi connectivity index (χ4n) is 1.10. The van der Waals surface area contributed by atoms with E-state index in [0.29, 0.717) is 0 Å². The predicted octanol–water partition coefficient (Wildman–Crippen LogP) is 2.41. The first-order valence-corrected chi connectivity index (χ1v) is 5.30. The summed E-state index contributed by atoms with van der Waals surface area (Å²) in [6.07, 6.45) is 0. The summed E-state index contributed by atoms with van der Waals surface area (Å²) in [7, 11) is 0. The number of carbonyl (C=O) groups is 1. The molecule has 0 bridgehead atoms. The van der Waals surface area contributed by atoms with Gasteiger partial charge in [-0.3, -0.25) is 14.9 Å². The fourth-order valence-corrected chi connectivity index (χ4v) is 1.71. The second-order valence-electron chi connectivity index (χ2n) is 2.71. The smallest absolute Gasteiger partial charge is 0.283 e. The molecule has 0 saturated carbocycles. The van der Waals surface area contributed by atoms with Gasteiger partial charge in [0.05, 0.1) is 15.3 Å². The molecule has 0 atom stereocenters. The fraction of sp³-hybridized carbons (Fsp3) is 0.125. The van der Waals surface area contributed by atoms with Crippen molar-refractivity contribution >= 4 is 44.7 Å². The lowest BCUT2D eigenvalue weighted by molar-refractivity contribution is -0.385. The first-order valence-electron chi connectivity index (χ1n) is 3.80. The molecular weight excluding hydrogens is 287 g/mol. The lowest BCUT2D eigenvalue weighted by atomic mass is 10.1. The molecule has 15 heavy (non-hydrogen) atoms. The minimum Gasteiger partial charge on any atom is -0.398 e. The maximum Gasteiger partial charge on any atom is 0.283 e. The van der Waals surface area contributed by atoms with Crippen LogP contribution in [0.2, 0.25) is 5.02 Å². The van der Waals surface area contributed by atoms with Gasteiger partial charge in [0.1, 0.15) is 5.56 Å². The molecule has 0 aromatic heterocycles. The third-order valence-corrected chi connectivity index (χ3v) is 2.50. The number of rotatable bonds is 3. The molecule has 0 unspecified atom stereocenters. The first-order chi connectivity index (χ1) is 6.97. The van der Waals surface area contributed by atoms with Crippen molar-refractivity contribution in [3.8, 4) is 0 Å². The van der Waals surface area contributed by atoms with Crippen LogP contribution >= 0.6 is 27.5 Å². The molecule has 0 amide bonds. The van der Waals surface area contributed by atoms with Gasteiger partial charge >= 0.3 is 0 Å². The molecule has 2 N–H and O–H groups in total. The molecule has 0 aliphatic rings. The molecule has 0 spiro atoms. The van der Waals surface area contributed by atoms with Gasteiger partial charge in [-0.05, 0) is 6.07 Å². The van der Waals surface area contributed by atoms with Gasteiger partial charge in [-0.1, -0.05) is 27.5 Å². The van der Waals surface area contributed by atoms with Gasteiger partial charge in [-0.15, -0.1) is 0 Å². The predicted molar refractivity (Wildman–Crippen MR) is 60.6 cm³/mol. The summed E-state index contributed by atoms with van der Waals surface area (Å²) in [6, 6.07) is 2.42. The van der Waals surface area contributed by atoms with Crippen molar-refractivity contribution in [3.05, 3.63) is 32.8 Å². The Morgan fingerprint density at radius 3 is 2.67 bits per heavy atom. The maximum atomic E-state index is 11.4. The Morgan fingerprint density at radius 1 is 1.60 bits per heavy atom. The minimum absolute atomic E-state index is 0.00819. The van der Waals surface area contributed by atoms with E-state index in [1.54, 1.807) is 0 Å². The Hall–Kier alpha value is -1.14. The third kappa shape index (κ3) is 2.45. The molecule has 80 valence electrons. The number of benzene rings is 1. The zero-order valence-electron chi connectivity index (χ0n) is 7.37. The van der Waals surface area contributed by atoms with Crippen molar-refractivity contribution in [1.82, 2.24) is 0 Å². The van der Waals surface area contributed by atoms with Crippen LogP contribution in [-0.4, -0.2) is 16.0 Å². The van der Waals surface area contributed by atoms with E-state index in [2.05, 4.69) is 15.9 Å². The zero-order chi connectivity index (χ0) is 11.6. The van der Waals surface area contributed by atoms with E-state index >= 15 is 0 Å². The number of carbonyl (C=O) groups excluding carboxylic acids is 1. The summed E-state index contributed by atoms with van der Waals surface area (Å²) in [4.78, 5) is 21.4. The van der Waals surface area contributed by atoms with Crippen LogP contribution in [0.1, 0.15) is 10.4 Å². The summed E-state index contributed by atoms with van der Waals surface area (Å²) in [5, 5.41) is 10.6. The lowest BCUT2D eigenvalue weighted by Crippen LogP contribution is -2.06. The maximum absolute atomic E-state index is 11.4. The van der Waals surface area contributed by atoms with E-state index in [-0.39, 0.29) is 27.3 Å². The Balaban J connectivity index is 3.46. The molecule has 0 radical (unpaired) electrons. The third-order valence-electron chi connectivity index (χ3n) is 1.69. The number of nitrogen functional groups attached to an aromatic ring is 1. The second kappa shape index (κ2) is 4.59. The number of halogens is 2. The summed E-state index contributed by atoms with van der Waals surface area (Å²) < 4.78 is 0. The number of Topliss-reactive ketones (excluding diaryl/α,β-unsaturated/α-hetero) is 1. The molecule has 0 saturated heterocycles. The van der Waals surface area contributed by atoms with Crippen LogP contribution in [0.5, 0.6) is 0 Å². The van der Waals surface area contributed by atoms with Crippen molar-refractivity contribution in [1.29, 1.82) is 0 Å². The lowest BCUT2D eigenvalue weighted by Gasteiger charge is -2.03. The Labute approximate surface area is 98.5 Å². The molecule has 1 rings (SSSR count). The van der Waals surface area contributed by atoms with Crippen LogP contribution in [0.15, 0.2) is 12.1 Å². The topological polar surface area (TPSA) is 86.2 Å². The molecular formula is C8H6BrClN2O3. The molecule has 5 nitrogen and oxygen atoms in total. The van der Waals surface area contributed by atoms with Crippen LogP contribution in [0, 0.1) is 10.1 Å².